The average molecular weight is 215 g/mol. The van der Waals surface area contributed by atoms with E-state index in [0.717, 1.165) is 6.42 Å². The minimum atomic E-state index is -0.985. The molecule has 1 aliphatic rings. The number of nitrogens with two attached hydrogens (primary N) is 1. The second-order valence-corrected chi connectivity index (χ2v) is 4.57. The lowest BCUT2D eigenvalue weighted by molar-refractivity contribution is -0.139. The number of hydrogen-bond acceptors (Lipinski definition) is 3. The van der Waals surface area contributed by atoms with E-state index in [1.807, 2.05) is 0 Å². The number of carbonyl (C=O) groups is 1. The lowest BCUT2D eigenvalue weighted by Crippen LogP contribution is -2.38. The Morgan fingerprint density at radius 1 is 1.33 bits per heavy atom. The van der Waals surface area contributed by atoms with Crippen molar-refractivity contribution < 1.29 is 15.0 Å². The van der Waals surface area contributed by atoms with Gasteiger partial charge in [0.15, 0.2) is 0 Å². The molecule has 88 valence electrons. The second kappa shape index (κ2) is 6.08. The van der Waals surface area contributed by atoms with E-state index < -0.39 is 12.1 Å². The van der Waals surface area contributed by atoms with Gasteiger partial charge in [0.25, 0.3) is 0 Å². The Bertz CT molecular complexity index is 202. The molecule has 0 amide bonds. The van der Waals surface area contributed by atoms with E-state index >= 15 is 0 Å². The first-order valence-corrected chi connectivity index (χ1v) is 5.75. The van der Waals surface area contributed by atoms with Crippen molar-refractivity contribution in [1.29, 1.82) is 0 Å². The number of carboxylic acid groups (broad SMARTS) is 1. The van der Waals surface area contributed by atoms with Gasteiger partial charge in [0.1, 0.15) is 0 Å². The van der Waals surface area contributed by atoms with Gasteiger partial charge in [0, 0.05) is 6.04 Å². The summed E-state index contributed by atoms with van der Waals surface area (Å²) in [6.07, 6.45) is 5.75. The first-order valence-electron chi connectivity index (χ1n) is 5.75. The van der Waals surface area contributed by atoms with Crippen LogP contribution in [-0.2, 0) is 4.79 Å². The topological polar surface area (TPSA) is 83.5 Å². The Morgan fingerprint density at radius 3 is 2.47 bits per heavy atom. The summed E-state index contributed by atoms with van der Waals surface area (Å²) < 4.78 is 0. The number of rotatable bonds is 5. The normalized spacial score (nSPS) is 22.3. The highest BCUT2D eigenvalue weighted by atomic mass is 16.4. The van der Waals surface area contributed by atoms with Crippen molar-refractivity contribution in [3.05, 3.63) is 0 Å². The maximum absolute atomic E-state index is 10.4. The van der Waals surface area contributed by atoms with E-state index in [1.165, 1.54) is 32.1 Å². The van der Waals surface area contributed by atoms with Gasteiger partial charge in [0.05, 0.1) is 12.5 Å². The van der Waals surface area contributed by atoms with Crippen LogP contribution in [0.3, 0.4) is 0 Å². The Labute approximate surface area is 90.5 Å². The van der Waals surface area contributed by atoms with Gasteiger partial charge in [-0.15, -0.1) is 0 Å². The third-order valence-corrected chi connectivity index (χ3v) is 3.21. The summed E-state index contributed by atoms with van der Waals surface area (Å²) in [5.41, 5.74) is 5.78. The Morgan fingerprint density at radius 2 is 1.93 bits per heavy atom. The molecule has 0 saturated heterocycles. The summed E-state index contributed by atoms with van der Waals surface area (Å²) in [6, 6.07) is -0.385. The molecule has 4 heteroatoms. The summed E-state index contributed by atoms with van der Waals surface area (Å²) in [6.45, 7) is 0. The number of hydrogen-bond donors (Lipinski definition) is 3. The molecular formula is C11H21NO3. The largest absolute Gasteiger partial charge is 0.481 e. The van der Waals surface area contributed by atoms with E-state index in [0.29, 0.717) is 5.92 Å². The van der Waals surface area contributed by atoms with E-state index in [4.69, 9.17) is 10.8 Å². The van der Waals surface area contributed by atoms with Gasteiger partial charge in [-0.25, -0.2) is 0 Å². The summed E-state index contributed by atoms with van der Waals surface area (Å²) in [5, 5.41) is 18.0. The van der Waals surface area contributed by atoms with Gasteiger partial charge in [-0.2, -0.15) is 0 Å². The van der Waals surface area contributed by atoms with Crippen LogP contribution in [0.2, 0.25) is 0 Å². The molecule has 2 atom stereocenters. The van der Waals surface area contributed by atoms with E-state index in [9.17, 15) is 9.90 Å². The van der Waals surface area contributed by atoms with Gasteiger partial charge in [-0.3, -0.25) is 4.79 Å². The molecule has 1 fully saturated rings. The summed E-state index contributed by atoms with van der Waals surface area (Å²) in [7, 11) is 0. The molecule has 0 bridgehead atoms. The molecule has 15 heavy (non-hydrogen) atoms. The maximum Gasteiger partial charge on any atom is 0.306 e. The molecule has 1 aliphatic carbocycles. The lowest BCUT2D eigenvalue weighted by Gasteiger charge is -2.26. The van der Waals surface area contributed by atoms with Crippen molar-refractivity contribution in [3.63, 3.8) is 0 Å². The fourth-order valence-corrected chi connectivity index (χ4v) is 2.30. The number of aliphatic carboxylic acids is 1. The Balaban J connectivity index is 2.26. The molecule has 4 N–H and O–H groups in total. The summed E-state index contributed by atoms with van der Waals surface area (Å²) in [4.78, 5) is 10.4. The minimum absolute atomic E-state index is 0.242. The second-order valence-electron chi connectivity index (χ2n) is 4.57. The fraction of sp³-hybridized carbons (Fsp3) is 0.909. The number of aliphatic hydroxyl groups is 1. The van der Waals surface area contributed by atoms with Crippen LogP contribution in [0.1, 0.15) is 44.9 Å². The van der Waals surface area contributed by atoms with Crippen molar-refractivity contribution >= 4 is 5.97 Å². The molecule has 0 aromatic rings. The van der Waals surface area contributed by atoms with Crippen LogP contribution < -0.4 is 5.73 Å². The van der Waals surface area contributed by atoms with E-state index in [2.05, 4.69) is 0 Å². The number of aliphatic hydroxyl groups excluding tert-OH is 1. The van der Waals surface area contributed by atoms with Gasteiger partial charge in [-0.05, 0) is 12.3 Å². The van der Waals surface area contributed by atoms with Gasteiger partial charge >= 0.3 is 5.97 Å². The molecule has 1 rings (SSSR count). The van der Waals surface area contributed by atoms with Crippen molar-refractivity contribution in [3.8, 4) is 0 Å². The van der Waals surface area contributed by atoms with Crippen LogP contribution in [-0.4, -0.2) is 28.3 Å². The first-order chi connectivity index (χ1) is 7.09. The molecule has 1 saturated carbocycles. The van der Waals surface area contributed by atoms with Crippen LogP contribution in [0, 0.1) is 5.92 Å². The van der Waals surface area contributed by atoms with Crippen molar-refractivity contribution in [2.24, 2.45) is 11.7 Å². The predicted molar refractivity (Wildman–Crippen MR) is 57.4 cm³/mol. The van der Waals surface area contributed by atoms with Crippen molar-refractivity contribution in [2.75, 3.05) is 0 Å². The molecule has 0 heterocycles. The molecule has 0 radical (unpaired) electrons. The molecule has 4 nitrogen and oxygen atoms in total. The third kappa shape index (κ3) is 4.62. The lowest BCUT2D eigenvalue weighted by atomic mass is 9.83. The van der Waals surface area contributed by atoms with Crippen LogP contribution in [0.5, 0.6) is 0 Å². The zero-order valence-electron chi connectivity index (χ0n) is 9.06. The zero-order valence-corrected chi connectivity index (χ0v) is 9.06. The van der Waals surface area contributed by atoms with Crippen LogP contribution in [0.4, 0.5) is 0 Å². The van der Waals surface area contributed by atoms with Crippen molar-refractivity contribution in [2.45, 2.75) is 57.1 Å². The highest BCUT2D eigenvalue weighted by Crippen LogP contribution is 2.27. The first kappa shape index (κ1) is 12.5. The predicted octanol–water partition coefficient (Wildman–Crippen LogP) is 1.12. The molecule has 0 aromatic heterocycles. The number of carboxylic acids is 1. The maximum atomic E-state index is 10.4. The van der Waals surface area contributed by atoms with Gasteiger partial charge in [0.2, 0.25) is 0 Å². The average Bonchev–Trinajstić information content (AvgIpc) is 2.18. The fourth-order valence-electron chi connectivity index (χ4n) is 2.30. The Kier molecular flexibility index (Phi) is 5.05. The SMILES string of the molecule is N[C@@H](CC1CCCCC1)[C@H](O)CC(=O)O. The summed E-state index contributed by atoms with van der Waals surface area (Å²) in [5.74, 6) is -0.404. The summed E-state index contributed by atoms with van der Waals surface area (Å²) >= 11 is 0. The van der Waals surface area contributed by atoms with Crippen LogP contribution >= 0.6 is 0 Å². The monoisotopic (exact) mass is 215 g/mol. The highest BCUT2D eigenvalue weighted by Gasteiger charge is 2.23. The zero-order chi connectivity index (χ0) is 11.3. The van der Waals surface area contributed by atoms with Crippen molar-refractivity contribution in [1.82, 2.24) is 0 Å². The third-order valence-electron chi connectivity index (χ3n) is 3.21. The van der Waals surface area contributed by atoms with Gasteiger partial charge in [-0.1, -0.05) is 32.1 Å². The minimum Gasteiger partial charge on any atom is -0.481 e. The smallest absolute Gasteiger partial charge is 0.306 e. The molecule has 0 aliphatic heterocycles. The van der Waals surface area contributed by atoms with Crippen LogP contribution in [0.25, 0.3) is 0 Å². The van der Waals surface area contributed by atoms with Crippen LogP contribution in [0.15, 0.2) is 0 Å². The quantitative estimate of drug-likeness (QED) is 0.641. The Hall–Kier alpha value is -0.610. The molecule has 0 spiro atoms. The van der Waals surface area contributed by atoms with E-state index in [1.54, 1.807) is 0 Å². The molecule has 0 aromatic carbocycles. The highest BCUT2D eigenvalue weighted by molar-refractivity contribution is 5.67. The molecule has 0 unspecified atom stereocenters. The standard InChI is InChI=1S/C11H21NO3/c12-9(10(13)7-11(14)15)6-8-4-2-1-3-5-8/h8-10,13H,1-7,12H2,(H,14,15)/t9-,10+/m0/s1. The molecular weight excluding hydrogens is 194 g/mol. The van der Waals surface area contributed by atoms with Gasteiger partial charge < -0.3 is 15.9 Å². The van der Waals surface area contributed by atoms with E-state index in [-0.39, 0.29) is 12.5 Å².